The third kappa shape index (κ3) is 4.81. The van der Waals surface area contributed by atoms with Crippen molar-refractivity contribution in [2.45, 2.75) is 57.0 Å². The summed E-state index contributed by atoms with van der Waals surface area (Å²) in [5.74, 6) is 0. The molecule has 5 heteroatoms. The Hall–Kier alpha value is 1.17. The van der Waals surface area contributed by atoms with Crippen molar-refractivity contribution >= 4 is 37.2 Å². The third-order valence-electron chi connectivity index (χ3n) is 3.02. The second kappa shape index (κ2) is 5.88. The summed E-state index contributed by atoms with van der Waals surface area (Å²) in [5.41, 5.74) is 0. The zero-order valence-corrected chi connectivity index (χ0v) is 17.5. The SMILES string of the molecule is C[CH](C)[Sb]([N](C)[Si](C)(C)C)[N](C)[Si](C)(C)C. The fraction of sp³-hybridized carbons (Fsp3) is 1.00. The van der Waals surface area contributed by atoms with Gasteiger partial charge in [0.05, 0.1) is 0 Å². The van der Waals surface area contributed by atoms with Gasteiger partial charge in [0.15, 0.2) is 0 Å². The molecule has 0 aromatic carbocycles. The Kier molecular flexibility index (Phi) is 6.31. The van der Waals surface area contributed by atoms with Gasteiger partial charge in [0, 0.05) is 0 Å². The first-order valence-electron chi connectivity index (χ1n) is 6.15. The molecule has 2 nitrogen and oxygen atoms in total. The Morgan fingerprint density at radius 3 is 1.12 bits per heavy atom. The molecule has 0 aliphatic heterocycles. The van der Waals surface area contributed by atoms with Crippen molar-refractivity contribution in [3.63, 3.8) is 0 Å². The van der Waals surface area contributed by atoms with E-state index in [1.165, 1.54) is 0 Å². The molecule has 0 aromatic rings. The molecular weight excluding hydrogens is 338 g/mol. The molecule has 0 unspecified atom stereocenters. The molecule has 0 radical (unpaired) electrons. The standard InChI is InChI=1S/2C4H12NSi.C3H7.Sb/c2*1-5-6(2,3)4;1-3-2;/h2*1-4H3;3H,1-2H3;/q2*-1;;+2. The summed E-state index contributed by atoms with van der Waals surface area (Å²) >= 11 is -1.45. The number of hydrogen-bond donors (Lipinski definition) is 0. The molecule has 0 spiro atoms. The topological polar surface area (TPSA) is 6.48 Å². The van der Waals surface area contributed by atoms with Crippen molar-refractivity contribution in [1.82, 2.24) is 5.45 Å². The Labute approximate surface area is 113 Å². The van der Waals surface area contributed by atoms with Gasteiger partial charge < -0.3 is 0 Å². The van der Waals surface area contributed by atoms with E-state index in [0.29, 0.717) is 0 Å². The summed E-state index contributed by atoms with van der Waals surface area (Å²) in [7, 11) is 2.52. The van der Waals surface area contributed by atoms with E-state index in [1.54, 1.807) is 0 Å². The Morgan fingerprint density at radius 2 is 1.00 bits per heavy atom. The van der Waals surface area contributed by atoms with E-state index in [-0.39, 0.29) is 0 Å². The van der Waals surface area contributed by atoms with Gasteiger partial charge in [-0.3, -0.25) is 0 Å². The first kappa shape index (κ1) is 17.2. The van der Waals surface area contributed by atoms with Crippen LogP contribution in [0, 0.1) is 0 Å². The summed E-state index contributed by atoms with van der Waals surface area (Å²) in [6, 6.07) is 0. The summed E-state index contributed by atoms with van der Waals surface area (Å²) in [6.07, 6.45) is 0. The monoisotopic (exact) mass is 368 g/mol. The van der Waals surface area contributed by atoms with Crippen LogP contribution in [-0.2, 0) is 0 Å². The van der Waals surface area contributed by atoms with Gasteiger partial charge in [-0.25, -0.2) is 0 Å². The second-order valence-electron chi connectivity index (χ2n) is 6.80. The van der Waals surface area contributed by atoms with Crippen LogP contribution in [0.1, 0.15) is 13.8 Å². The van der Waals surface area contributed by atoms with Crippen LogP contribution >= 0.6 is 0 Å². The van der Waals surface area contributed by atoms with Gasteiger partial charge in [-0.2, -0.15) is 0 Å². The number of rotatable bonds is 5. The fourth-order valence-corrected chi connectivity index (χ4v) is 23.9. The van der Waals surface area contributed by atoms with Crippen LogP contribution in [0.2, 0.25) is 43.1 Å². The summed E-state index contributed by atoms with van der Waals surface area (Å²) < 4.78 is 6.54. The Bertz CT molecular complexity index is 201. The Balaban J connectivity index is 5.04. The Morgan fingerprint density at radius 1 is 0.750 bits per heavy atom. The molecular formula is C11H31N2SbSi2. The van der Waals surface area contributed by atoms with Crippen LogP contribution in [0.5, 0.6) is 0 Å². The number of nitrogens with zero attached hydrogens (tertiary/aromatic N) is 2. The molecule has 0 fully saturated rings. The van der Waals surface area contributed by atoms with E-state index in [9.17, 15) is 0 Å². The number of hydrogen-bond acceptors (Lipinski definition) is 2. The van der Waals surface area contributed by atoms with E-state index < -0.39 is 37.2 Å². The normalized spacial score (nSPS) is 14.6. The van der Waals surface area contributed by atoms with Crippen molar-refractivity contribution in [2.24, 2.45) is 0 Å². The molecule has 0 N–H and O–H groups in total. The maximum absolute atomic E-state index is 2.83. The average Bonchev–Trinajstić information content (AvgIpc) is 1.99. The van der Waals surface area contributed by atoms with E-state index in [4.69, 9.17) is 0 Å². The summed E-state index contributed by atoms with van der Waals surface area (Å²) in [4.78, 5) is 0. The molecule has 0 atom stereocenters. The molecule has 0 rings (SSSR count). The molecule has 0 heterocycles. The maximum atomic E-state index is 2.83. The van der Waals surface area contributed by atoms with E-state index in [0.717, 1.165) is 3.86 Å². The molecule has 98 valence electrons. The van der Waals surface area contributed by atoms with Crippen molar-refractivity contribution in [3.05, 3.63) is 0 Å². The predicted molar refractivity (Wildman–Crippen MR) is 83.1 cm³/mol. The van der Waals surface area contributed by atoms with Gasteiger partial charge in [-0.1, -0.05) is 0 Å². The van der Waals surface area contributed by atoms with E-state index in [1.807, 2.05) is 0 Å². The van der Waals surface area contributed by atoms with Crippen LogP contribution in [0.25, 0.3) is 0 Å². The molecule has 0 aliphatic rings. The van der Waals surface area contributed by atoms with Gasteiger partial charge in [-0.15, -0.1) is 0 Å². The quantitative estimate of drug-likeness (QED) is 0.686. The zero-order chi connectivity index (χ0) is 13.3. The molecule has 0 bridgehead atoms. The van der Waals surface area contributed by atoms with Crippen LogP contribution in [0.3, 0.4) is 0 Å². The second-order valence-corrected chi connectivity index (χ2v) is 27.3. The van der Waals surface area contributed by atoms with E-state index in [2.05, 4.69) is 72.7 Å². The zero-order valence-electron chi connectivity index (χ0n) is 12.9. The first-order valence-corrected chi connectivity index (χ1v) is 16.8. The van der Waals surface area contributed by atoms with Crippen molar-refractivity contribution in [1.29, 1.82) is 0 Å². The van der Waals surface area contributed by atoms with Crippen molar-refractivity contribution < 1.29 is 0 Å². The van der Waals surface area contributed by atoms with E-state index >= 15 is 0 Å². The van der Waals surface area contributed by atoms with Crippen molar-refractivity contribution in [3.8, 4) is 0 Å². The molecule has 0 amide bonds. The minimum atomic E-state index is -1.45. The molecule has 16 heavy (non-hydrogen) atoms. The first-order chi connectivity index (χ1) is 6.89. The van der Waals surface area contributed by atoms with Gasteiger partial charge in [0.25, 0.3) is 0 Å². The van der Waals surface area contributed by atoms with Crippen molar-refractivity contribution in [2.75, 3.05) is 14.1 Å². The molecule has 0 saturated carbocycles. The van der Waals surface area contributed by atoms with Crippen LogP contribution in [0.4, 0.5) is 0 Å². The van der Waals surface area contributed by atoms with Gasteiger partial charge in [0.2, 0.25) is 0 Å². The van der Waals surface area contributed by atoms with Gasteiger partial charge >= 0.3 is 114 Å². The molecule has 0 saturated heterocycles. The van der Waals surface area contributed by atoms with Gasteiger partial charge in [-0.05, 0) is 0 Å². The summed E-state index contributed by atoms with van der Waals surface area (Å²) in [6.45, 7) is 19.7. The minimum absolute atomic E-state index is 0.872. The van der Waals surface area contributed by atoms with Crippen LogP contribution in [-0.4, -0.2) is 56.8 Å². The van der Waals surface area contributed by atoms with Crippen LogP contribution < -0.4 is 0 Å². The van der Waals surface area contributed by atoms with Gasteiger partial charge in [0.1, 0.15) is 0 Å². The fourth-order valence-electron chi connectivity index (χ4n) is 1.51. The third-order valence-corrected chi connectivity index (χ3v) is 26.1. The molecule has 0 aliphatic carbocycles. The van der Waals surface area contributed by atoms with Crippen LogP contribution in [0.15, 0.2) is 0 Å². The average molecular weight is 369 g/mol. The molecule has 0 aromatic heterocycles. The predicted octanol–water partition coefficient (Wildman–Crippen LogP) is 3.42. The summed E-state index contributed by atoms with van der Waals surface area (Å²) in [5, 5.41) is 0.